The van der Waals surface area contributed by atoms with Crippen LogP contribution in [0.3, 0.4) is 0 Å². The van der Waals surface area contributed by atoms with Crippen molar-refractivity contribution in [3.63, 3.8) is 0 Å². The van der Waals surface area contributed by atoms with Crippen LogP contribution >= 0.6 is 0 Å². The van der Waals surface area contributed by atoms with E-state index in [9.17, 15) is 0 Å². The third-order valence-electron chi connectivity index (χ3n) is 2.62. The fraction of sp³-hybridized carbons (Fsp3) is 0.600. The number of nitrogens with two attached hydrogens (primary N) is 1. The number of hydrogen-bond donors (Lipinski definition) is 1. The lowest BCUT2D eigenvalue weighted by atomic mass is 10.1. The minimum atomic E-state index is 0.138. The maximum Gasteiger partial charge on any atom is 0.161 e. The third-order valence-corrected chi connectivity index (χ3v) is 2.62. The molecule has 0 saturated heterocycles. The Morgan fingerprint density at radius 3 is 2.58 bits per heavy atom. The maximum atomic E-state index is 5.79. The highest BCUT2D eigenvalue weighted by Gasteiger charge is 2.07. The molecule has 0 aliphatic carbocycles. The van der Waals surface area contributed by atoms with Crippen LogP contribution in [0.1, 0.15) is 25.8 Å². The monoisotopic (exact) mass is 267 g/mol. The van der Waals surface area contributed by atoms with Crippen LogP contribution in [-0.4, -0.2) is 33.0 Å². The van der Waals surface area contributed by atoms with Crippen LogP contribution in [0.25, 0.3) is 0 Å². The zero-order valence-electron chi connectivity index (χ0n) is 12.1. The van der Waals surface area contributed by atoms with Gasteiger partial charge in [0.2, 0.25) is 0 Å². The molecule has 0 saturated carbocycles. The van der Waals surface area contributed by atoms with Crippen molar-refractivity contribution < 1.29 is 14.2 Å². The van der Waals surface area contributed by atoms with E-state index in [1.165, 1.54) is 0 Å². The summed E-state index contributed by atoms with van der Waals surface area (Å²) in [6.07, 6.45) is 1.85. The van der Waals surface area contributed by atoms with E-state index in [1.807, 2.05) is 25.1 Å². The molecule has 0 aliphatic heterocycles. The van der Waals surface area contributed by atoms with Crippen LogP contribution in [0.4, 0.5) is 0 Å². The highest BCUT2D eigenvalue weighted by molar-refractivity contribution is 5.43. The topological polar surface area (TPSA) is 53.7 Å². The number of ether oxygens (including phenoxy) is 3. The molecule has 0 aromatic heterocycles. The van der Waals surface area contributed by atoms with Gasteiger partial charge in [-0.05, 0) is 37.5 Å². The Balaban J connectivity index is 2.53. The van der Waals surface area contributed by atoms with Crippen LogP contribution in [-0.2, 0) is 11.2 Å². The van der Waals surface area contributed by atoms with Crippen molar-refractivity contribution >= 4 is 0 Å². The average molecular weight is 267 g/mol. The Morgan fingerprint density at radius 1 is 1.16 bits per heavy atom. The Morgan fingerprint density at radius 2 is 1.95 bits per heavy atom. The van der Waals surface area contributed by atoms with Crippen molar-refractivity contribution in [3.05, 3.63) is 23.8 Å². The van der Waals surface area contributed by atoms with E-state index in [1.54, 1.807) is 7.11 Å². The number of rotatable bonds is 9. The van der Waals surface area contributed by atoms with Crippen molar-refractivity contribution in [2.24, 2.45) is 5.73 Å². The largest absolute Gasteiger partial charge is 0.493 e. The molecule has 4 heteroatoms. The predicted octanol–water partition coefficient (Wildman–Crippen LogP) is 2.39. The lowest BCUT2D eigenvalue weighted by Gasteiger charge is -2.13. The van der Waals surface area contributed by atoms with Gasteiger partial charge in [-0.25, -0.2) is 0 Å². The number of hydrogen-bond acceptors (Lipinski definition) is 4. The molecule has 108 valence electrons. The summed E-state index contributed by atoms with van der Waals surface area (Å²) in [6, 6.07) is 6.06. The van der Waals surface area contributed by atoms with Crippen LogP contribution in [0.2, 0.25) is 0 Å². The lowest BCUT2D eigenvalue weighted by molar-refractivity contribution is 0.0995. The minimum Gasteiger partial charge on any atom is -0.493 e. The molecule has 0 radical (unpaired) electrons. The van der Waals surface area contributed by atoms with Gasteiger partial charge in [0.15, 0.2) is 11.5 Å². The van der Waals surface area contributed by atoms with Crippen molar-refractivity contribution in [1.29, 1.82) is 0 Å². The molecule has 19 heavy (non-hydrogen) atoms. The summed E-state index contributed by atoms with van der Waals surface area (Å²) < 4.78 is 16.4. The van der Waals surface area contributed by atoms with Gasteiger partial charge in [0.25, 0.3) is 0 Å². The van der Waals surface area contributed by atoms with E-state index in [4.69, 9.17) is 19.9 Å². The van der Waals surface area contributed by atoms with Gasteiger partial charge in [-0.2, -0.15) is 0 Å². The second-order valence-corrected chi connectivity index (χ2v) is 4.63. The molecule has 4 nitrogen and oxygen atoms in total. The van der Waals surface area contributed by atoms with E-state index in [0.717, 1.165) is 36.5 Å². The summed E-state index contributed by atoms with van der Waals surface area (Å²) in [5, 5.41) is 0. The number of methoxy groups -OCH3 is 1. The summed E-state index contributed by atoms with van der Waals surface area (Å²) in [6.45, 7) is 5.97. The molecule has 0 spiro atoms. The summed E-state index contributed by atoms with van der Waals surface area (Å²) in [4.78, 5) is 0. The fourth-order valence-corrected chi connectivity index (χ4v) is 1.79. The first-order chi connectivity index (χ1) is 9.17. The SMILES string of the molecule is CCCOCCOc1ccc(CC(C)N)cc1OC. The van der Waals surface area contributed by atoms with Gasteiger partial charge >= 0.3 is 0 Å². The van der Waals surface area contributed by atoms with Crippen LogP contribution in [0.15, 0.2) is 18.2 Å². The first kappa shape index (κ1) is 15.8. The van der Waals surface area contributed by atoms with Gasteiger partial charge in [-0.3, -0.25) is 0 Å². The van der Waals surface area contributed by atoms with Crippen molar-refractivity contribution in [3.8, 4) is 11.5 Å². The molecule has 0 fully saturated rings. The average Bonchev–Trinajstić information content (AvgIpc) is 2.39. The fourth-order valence-electron chi connectivity index (χ4n) is 1.79. The molecule has 0 aliphatic rings. The van der Waals surface area contributed by atoms with Gasteiger partial charge in [0.05, 0.1) is 13.7 Å². The van der Waals surface area contributed by atoms with Crippen molar-refractivity contribution in [1.82, 2.24) is 0 Å². The summed E-state index contributed by atoms with van der Waals surface area (Å²) >= 11 is 0. The number of benzene rings is 1. The summed E-state index contributed by atoms with van der Waals surface area (Å²) in [7, 11) is 1.64. The molecule has 0 amide bonds. The maximum absolute atomic E-state index is 5.79. The van der Waals surface area contributed by atoms with E-state index < -0.39 is 0 Å². The Bertz CT molecular complexity index is 366. The predicted molar refractivity (Wildman–Crippen MR) is 77.0 cm³/mol. The minimum absolute atomic E-state index is 0.138. The first-order valence-corrected chi connectivity index (χ1v) is 6.80. The molecular formula is C15H25NO3. The second-order valence-electron chi connectivity index (χ2n) is 4.63. The smallest absolute Gasteiger partial charge is 0.161 e. The van der Waals surface area contributed by atoms with E-state index in [0.29, 0.717) is 13.2 Å². The van der Waals surface area contributed by atoms with Crippen molar-refractivity contribution in [2.75, 3.05) is 26.9 Å². The molecule has 1 rings (SSSR count). The Labute approximate surface area is 115 Å². The molecule has 2 N–H and O–H groups in total. The van der Waals surface area contributed by atoms with Gasteiger partial charge in [0.1, 0.15) is 6.61 Å². The molecule has 1 atom stereocenters. The van der Waals surface area contributed by atoms with Gasteiger partial charge < -0.3 is 19.9 Å². The van der Waals surface area contributed by atoms with Crippen LogP contribution in [0, 0.1) is 0 Å². The lowest BCUT2D eigenvalue weighted by Crippen LogP contribution is -2.17. The standard InChI is InChI=1S/C15H25NO3/c1-4-7-18-8-9-19-14-6-5-13(10-12(2)16)11-15(14)17-3/h5-6,11-12H,4,7-10,16H2,1-3H3. The molecular weight excluding hydrogens is 242 g/mol. The van der Waals surface area contributed by atoms with E-state index in [2.05, 4.69) is 6.92 Å². The second kappa shape index (κ2) is 8.77. The van der Waals surface area contributed by atoms with Crippen molar-refractivity contribution in [2.45, 2.75) is 32.7 Å². The zero-order chi connectivity index (χ0) is 14.1. The first-order valence-electron chi connectivity index (χ1n) is 6.80. The van der Waals surface area contributed by atoms with Gasteiger partial charge in [-0.15, -0.1) is 0 Å². The Hall–Kier alpha value is -1.26. The Kier molecular flexibility index (Phi) is 7.30. The van der Waals surface area contributed by atoms with E-state index in [-0.39, 0.29) is 6.04 Å². The molecule has 0 heterocycles. The zero-order valence-corrected chi connectivity index (χ0v) is 12.1. The summed E-state index contributed by atoms with van der Waals surface area (Å²) in [5.74, 6) is 1.49. The summed E-state index contributed by atoms with van der Waals surface area (Å²) in [5.41, 5.74) is 6.95. The normalized spacial score (nSPS) is 12.2. The molecule has 1 aromatic carbocycles. The van der Waals surface area contributed by atoms with Crippen LogP contribution in [0.5, 0.6) is 11.5 Å². The highest BCUT2D eigenvalue weighted by Crippen LogP contribution is 2.28. The molecule has 0 bridgehead atoms. The molecule has 1 unspecified atom stereocenters. The van der Waals surface area contributed by atoms with Crippen LogP contribution < -0.4 is 15.2 Å². The molecule has 1 aromatic rings. The van der Waals surface area contributed by atoms with E-state index >= 15 is 0 Å². The third kappa shape index (κ3) is 5.94. The highest BCUT2D eigenvalue weighted by atomic mass is 16.5. The van der Waals surface area contributed by atoms with Gasteiger partial charge in [0, 0.05) is 12.6 Å². The van der Waals surface area contributed by atoms with Gasteiger partial charge in [-0.1, -0.05) is 13.0 Å². The quantitative estimate of drug-likeness (QED) is 0.698.